The van der Waals surface area contributed by atoms with Gasteiger partial charge < -0.3 is 14.8 Å². The Balaban J connectivity index is 1.64. The smallest absolute Gasteiger partial charge is 0.329 e. The molecule has 0 unspecified atom stereocenters. The Morgan fingerprint density at radius 2 is 1.85 bits per heavy atom. The average Bonchev–Trinajstić information content (AvgIpc) is 3.43. The lowest BCUT2D eigenvalue weighted by atomic mass is 10.0. The number of ketones is 1. The first-order chi connectivity index (χ1) is 16.2. The fraction of sp³-hybridized carbons (Fsp3) is 0.360. The number of hydrogen-bond donors (Lipinski definition) is 1. The number of carbonyl (C=O) groups excluding carboxylic acids is 3. The summed E-state index contributed by atoms with van der Waals surface area (Å²) in [7, 11) is 0. The first-order valence-electron chi connectivity index (χ1n) is 11.0. The number of benzene rings is 1. The molecule has 0 aliphatic rings. The maximum absolute atomic E-state index is 12.8. The van der Waals surface area contributed by atoms with Gasteiger partial charge in [0.2, 0.25) is 5.78 Å². The van der Waals surface area contributed by atoms with Crippen LogP contribution in [0.25, 0.3) is 5.13 Å². The third-order valence-electron chi connectivity index (χ3n) is 5.32. The molecule has 0 aliphatic carbocycles. The van der Waals surface area contributed by atoms with E-state index in [0.717, 1.165) is 16.5 Å². The molecular weight excluding hydrogens is 454 g/mol. The van der Waals surface area contributed by atoms with E-state index < -0.39 is 24.5 Å². The van der Waals surface area contributed by atoms with Crippen LogP contribution in [0.2, 0.25) is 0 Å². The minimum absolute atomic E-state index is 0.232. The van der Waals surface area contributed by atoms with Crippen molar-refractivity contribution < 1.29 is 23.9 Å². The number of esters is 1. The molecule has 0 fully saturated rings. The van der Waals surface area contributed by atoms with Crippen molar-refractivity contribution in [3.05, 3.63) is 64.4 Å². The Kier molecular flexibility index (Phi) is 8.22. The van der Waals surface area contributed by atoms with Crippen molar-refractivity contribution in [1.82, 2.24) is 14.9 Å². The number of nitrogens with zero attached hydrogens (tertiary/aromatic N) is 2. The van der Waals surface area contributed by atoms with Crippen LogP contribution in [-0.4, -0.2) is 46.5 Å². The lowest BCUT2D eigenvalue weighted by Crippen LogP contribution is -2.45. The number of carbonyl (C=O) groups is 3. The number of nitrogens with one attached hydrogen (secondary N) is 1. The van der Waals surface area contributed by atoms with E-state index in [9.17, 15) is 14.4 Å². The first-order valence-corrected chi connectivity index (χ1v) is 11.9. The molecule has 1 N–H and O–H groups in total. The van der Waals surface area contributed by atoms with Gasteiger partial charge in [0.05, 0.1) is 6.61 Å². The fourth-order valence-electron chi connectivity index (χ4n) is 3.56. The molecule has 0 radical (unpaired) electrons. The highest BCUT2D eigenvalue weighted by Crippen LogP contribution is 2.23. The van der Waals surface area contributed by atoms with Crippen LogP contribution in [0, 0.1) is 19.8 Å². The van der Waals surface area contributed by atoms with Crippen molar-refractivity contribution in [2.75, 3.05) is 13.2 Å². The number of thiazole rings is 1. The van der Waals surface area contributed by atoms with Gasteiger partial charge in [0, 0.05) is 34.1 Å². The standard InChI is InChI=1S/C25H29N3O5S/c1-6-32-19-9-7-18(8-10-19)23(30)27-22(15(2)3)24(31)33-14-21(29)20-13-16(4)28(17(20)5)25-26-11-12-34-25/h7-13,15,22H,6,14H2,1-5H3,(H,27,30)/t22-/m0/s1. The average molecular weight is 484 g/mol. The van der Waals surface area contributed by atoms with Gasteiger partial charge in [0.25, 0.3) is 5.91 Å². The molecule has 0 spiro atoms. The van der Waals surface area contributed by atoms with Crippen LogP contribution in [0.4, 0.5) is 0 Å². The first kappa shape index (κ1) is 25.2. The molecule has 3 rings (SSSR count). The van der Waals surface area contributed by atoms with E-state index >= 15 is 0 Å². The molecular formula is C25H29N3O5S. The summed E-state index contributed by atoms with van der Waals surface area (Å²) < 4.78 is 12.6. The Labute approximate surface area is 202 Å². The molecule has 1 atom stereocenters. The van der Waals surface area contributed by atoms with E-state index in [2.05, 4.69) is 10.3 Å². The van der Waals surface area contributed by atoms with Gasteiger partial charge in [-0.2, -0.15) is 0 Å². The summed E-state index contributed by atoms with van der Waals surface area (Å²) in [5.74, 6) is -0.950. The summed E-state index contributed by atoms with van der Waals surface area (Å²) >= 11 is 1.47. The van der Waals surface area contributed by atoms with E-state index in [1.165, 1.54) is 11.3 Å². The van der Waals surface area contributed by atoms with Crippen LogP contribution < -0.4 is 10.1 Å². The second kappa shape index (κ2) is 11.1. The summed E-state index contributed by atoms with van der Waals surface area (Å²) in [6.45, 7) is 9.31. The highest BCUT2D eigenvalue weighted by Gasteiger charge is 2.27. The Morgan fingerprint density at radius 1 is 1.15 bits per heavy atom. The van der Waals surface area contributed by atoms with Gasteiger partial charge in [0.1, 0.15) is 11.8 Å². The normalized spacial score (nSPS) is 11.8. The van der Waals surface area contributed by atoms with Crippen molar-refractivity contribution in [1.29, 1.82) is 0 Å². The van der Waals surface area contributed by atoms with Gasteiger partial charge in [-0.25, -0.2) is 9.78 Å². The van der Waals surface area contributed by atoms with Crippen molar-refractivity contribution in [3.8, 4) is 10.9 Å². The van der Waals surface area contributed by atoms with Gasteiger partial charge in [-0.15, -0.1) is 11.3 Å². The predicted octanol–water partition coefficient (Wildman–Crippen LogP) is 4.13. The number of aromatic nitrogens is 2. The SMILES string of the molecule is CCOc1ccc(C(=O)N[C@H](C(=O)OCC(=O)c2cc(C)n(-c3nccs3)c2C)C(C)C)cc1. The van der Waals surface area contributed by atoms with E-state index in [4.69, 9.17) is 9.47 Å². The van der Waals surface area contributed by atoms with Crippen LogP contribution in [-0.2, 0) is 9.53 Å². The predicted molar refractivity (Wildman–Crippen MR) is 130 cm³/mol. The highest BCUT2D eigenvalue weighted by molar-refractivity contribution is 7.12. The quantitative estimate of drug-likeness (QED) is 0.344. The monoisotopic (exact) mass is 483 g/mol. The highest BCUT2D eigenvalue weighted by atomic mass is 32.1. The van der Waals surface area contributed by atoms with E-state index in [1.807, 2.05) is 30.7 Å². The zero-order chi connectivity index (χ0) is 24.8. The van der Waals surface area contributed by atoms with Crippen molar-refractivity contribution in [2.24, 2.45) is 5.92 Å². The molecule has 9 heteroatoms. The summed E-state index contributed by atoms with van der Waals surface area (Å²) in [6, 6.07) is 7.52. The molecule has 1 amide bonds. The Hall–Kier alpha value is -3.46. The second-order valence-electron chi connectivity index (χ2n) is 8.12. The summed E-state index contributed by atoms with van der Waals surface area (Å²) in [4.78, 5) is 42.5. The number of amides is 1. The minimum Gasteiger partial charge on any atom is -0.494 e. The van der Waals surface area contributed by atoms with Crippen LogP contribution in [0.5, 0.6) is 5.75 Å². The molecule has 1 aromatic carbocycles. The molecule has 0 aliphatic heterocycles. The van der Waals surface area contributed by atoms with Crippen LogP contribution in [0.1, 0.15) is 52.9 Å². The molecule has 3 aromatic rings. The number of aryl methyl sites for hydroxylation is 1. The van der Waals surface area contributed by atoms with Crippen molar-refractivity contribution >= 4 is 29.0 Å². The Morgan fingerprint density at radius 3 is 2.44 bits per heavy atom. The van der Waals surface area contributed by atoms with E-state index in [1.54, 1.807) is 50.4 Å². The molecule has 0 bridgehead atoms. The van der Waals surface area contributed by atoms with Gasteiger partial charge in [-0.3, -0.25) is 14.2 Å². The van der Waals surface area contributed by atoms with Crippen LogP contribution in [0.15, 0.2) is 41.9 Å². The largest absolute Gasteiger partial charge is 0.494 e. The summed E-state index contributed by atoms with van der Waals surface area (Å²) in [6.07, 6.45) is 1.70. The molecule has 0 saturated heterocycles. The van der Waals surface area contributed by atoms with Gasteiger partial charge in [-0.05, 0) is 57.0 Å². The lowest BCUT2D eigenvalue weighted by Gasteiger charge is -2.21. The second-order valence-corrected chi connectivity index (χ2v) is 8.99. The third-order valence-corrected chi connectivity index (χ3v) is 6.08. The number of rotatable bonds is 10. The van der Waals surface area contributed by atoms with Crippen LogP contribution >= 0.6 is 11.3 Å². The third kappa shape index (κ3) is 5.72. The number of hydrogen-bond acceptors (Lipinski definition) is 7. The maximum Gasteiger partial charge on any atom is 0.329 e. The zero-order valence-electron chi connectivity index (χ0n) is 20.0. The van der Waals surface area contributed by atoms with Gasteiger partial charge in [0.15, 0.2) is 11.7 Å². The number of Topliss-reactive ketones (excluding diaryl/α,β-unsaturated/α-hetero) is 1. The van der Waals surface area contributed by atoms with Crippen molar-refractivity contribution in [2.45, 2.75) is 40.7 Å². The molecule has 8 nitrogen and oxygen atoms in total. The molecule has 34 heavy (non-hydrogen) atoms. The topological polar surface area (TPSA) is 99.5 Å². The molecule has 2 heterocycles. The van der Waals surface area contributed by atoms with E-state index in [0.29, 0.717) is 23.5 Å². The zero-order valence-corrected chi connectivity index (χ0v) is 20.8. The van der Waals surface area contributed by atoms with Gasteiger partial charge in [-0.1, -0.05) is 13.8 Å². The lowest BCUT2D eigenvalue weighted by molar-refractivity contribution is -0.145. The van der Waals surface area contributed by atoms with Crippen LogP contribution in [0.3, 0.4) is 0 Å². The molecule has 180 valence electrons. The minimum atomic E-state index is -0.894. The summed E-state index contributed by atoms with van der Waals surface area (Å²) in [5.41, 5.74) is 2.47. The Bertz CT molecular complexity index is 1150. The molecule has 2 aromatic heterocycles. The van der Waals surface area contributed by atoms with Crippen molar-refractivity contribution in [3.63, 3.8) is 0 Å². The summed E-state index contributed by atoms with van der Waals surface area (Å²) in [5, 5.41) is 5.35. The number of ether oxygens (including phenoxy) is 2. The molecule has 0 saturated carbocycles. The van der Waals surface area contributed by atoms with Gasteiger partial charge >= 0.3 is 5.97 Å². The maximum atomic E-state index is 12.8. The van der Waals surface area contributed by atoms with E-state index in [-0.39, 0.29) is 11.7 Å². The fourth-order valence-corrected chi connectivity index (χ4v) is 4.31.